The van der Waals surface area contributed by atoms with E-state index in [-0.39, 0.29) is 20.1 Å². The predicted octanol–water partition coefficient (Wildman–Crippen LogP) is 3.22. The minimum absolute atomic E-state index is 0.00199. The molecule has 15 heteroatoms. The summed E-state index contributed by atoms with van der Waals surface area (Å²) in [4.78, 5) is 7.48. The lowest BCUT2D eigenvalue weighted by atomic mass is 10.4. The van der Waals surface area contributed by atoms with Crippen LogP contribution in [0.25, 0.3) is 10.8 Å². The lowest BCUT2D eigenvalue weighted by Crippen LogP contribution is -2.35. The standard InChI is InChI=1S/C13H8F5N5O3S2/c14-6-1-2-8(19-3-6)23(28(24,25)13(17)18)5-9-20-4-7(27-9)11-21-22-12(26-11)10(15)16/h1-4,10,13H,5H2. The van der Waals surface area contributed by atoms with E-state index in [0.717, 1.165) is 29.7 Å². The second kappa shape index (κ2) is 7.75. The van der Waals surface area contributed by atoms with Gasteiger partial charge in [-0.3, -0.25) is 0 Å². The normalized spacial score (nSPS) is 12.1. The number of halogens is 5. The van der Waals surface area contributed by atoms with Crippen molar-refractivity contribution in [3.63, 3.8) is 0 Å². The van der Waals surface area contributed by atoms with E-state index in [1.165, 1.54) is 0 Å². The number of rotatable bonds is 7. The van der Waals surface area contributed by atoms with Crippen LogP contribution in [-0.4, -0.2) is 34.3 Å². The third kappa shape index (κ3) is 4.09. The number of alkyl halides is 4. The molecule has 3 rings (SSSR count). The molecule has 0 radical (unpaired) electrons. The Kier molecular flexibility index (Phi) is 5.55. The number of pyridine rings is 1. The molecule has 0 spiro atoms. The van der Waals surface area contributed by atoms with Crippen molar-refractivity contribution < 1.29 is 34.8 Å². The summed E-state index contributed by atoms with van der Waals surface area (Å²) in [6, 6.07) is 1.77. The van der Waals surface area contributed by atoms with Gasteiger partial charge in [-0.2, -0.15) is 17.6 Å². The van der Waals surface area contributed by atoms with Gasteiger partial charge in [0.15, 0.2) is 0 Å². The van der Waals surface area contributed by atoms with Gasteiger partial charge >= 0.3 is 12.2 Å². The highest BCUT2D eigenvalue weighted by Crippen LogP contribution is 2.30. The van der Waals surface area contributed by atoms with E-state index in [1.807, 2.05) is 0 Å². The Morgan fingerprint density at radius 3 is 2.43 bits per heavy atom. The van der Waals surface area contributed by atoms with E-state index in [1.54, 1.807) is 0 Å². The van der Waals surface area contributed by atoms with E-state index >= 15 is 0 Å². The van der Waals surface area contributed by atoms with Gasteiger partial charge < -0.3 is 4.42 Å². The summed E-state index contributed by atoms with van der Waals surface area (Å²) in [5, 5.41) is 6.56. The molecule has 8 nitrogen and oxygen atoms in total. The zero-order chi connectivity index (χ0) is 20.5. The van der Waals surface area contributed by atoms with Crippen LogP contribution in [0.1, 0.15) is 17.3 Å². The second-order valence-electron chi connectivity index (χ2n) is 5.01. The minimum atomic E-state index is -5.13. The fourth-order valence-corrected chi connectivity index (χ4v) is 3.71. The van der Waals surface area contributed by atoms with Crippen molar-refractivity contribution in [2.75, 3.05) is 4.31 Å². The molecule has 28 heavy (non-hydrogen) atoms. The zero-order valence-corrected chi connectivity index (χ0v) is 15.0. The number of hydrogen-bond donors (Lipinski definition) is 0. The van der Waals surface area contributed by atoms with Crippen molar-refractivity contribution in [3.8, 4) is 10.8 Å². The average molecular weight is 441 g/mol. The first kappa shape index (κ1) is 20.1. The predicted molar refractivity (Wildman–Crippen MR) is 85.7 cm³/mol. The van der Waals surface area contributed by atoms with Crippen molar-refractivity contribution >= 4 is 27.2 Å². The van der Waals surface area contributed by atoms with Crippen LogP contribution in [0.4, 0.5) is 27.8 Å². The molecule has 0 N–H and O–H groups in total. The highest BCUT2D eigenvalue weighted by molar-refractivity contribution is 7.93. The zero-order valence-electron chi connectivity index (χ0n) is 13.3. The molecule has 0 aliphatic carbocycles. The van der Waals surface area contributed by atoms with Gasteiger partial charge in [0.25, 0.3) is 21.8 Å². The summed E-state index contributed by atoms with van der Waals surface area (Å²) in [6.45, 7) is -0.661. The lowest BCUT2D eigenvalue weighted by molar-refractivity contribution is 0.116. The Morgan fingerprint density at radius 1 is 1.11 bits per heavy atom. The van der Waals surface area contributed by atoms with Crippen LogP contribution >= 0.6 is 11.3 Å². The van der Waals surface area contributed by atoms with Gasteiger partial charge in [-0.1, -0.05) is 0 Å². The van der Waals surface area contributed by atoms with E-state index < -0.39 is 46.3 Å². The maximum absolute atomic E-state index is 13.0. The Bertz CT molecular complexity index is 1050. The van der Waals surface area contributed by atoms with Crippen LogP contribution in [0.5, 0.6) is 0 Å². The molecule has 0 atom stereocenters. The van der Waals surface area contributed by atoms with Crippen molar-refractivity contribution in [2.45, 2.75) is 18.7 Å². The third-order valence-electron chi connectivity index (χ3n) is 3.17. The molecular weight excluding hydrogens is 433 g/mol. The number of sulfonamides is 1. The number of hydrogen-bond acceptors (Lipinski definition) is 8. The number of thiazole rings is 1. The Balaban J connectivity index is 1.91. The smallest absolute Gasteiger partial charge is 0.355 e. The van der Waals surface area contributed by atoms with Crippen LogP contribution in [0.15, 0.2) is 28.9 Å². The fourth-order valence-electron chi connectivity index (χ4n) is 1.94. The first-order valence-electron chi connectivity index (χ1n) is 7.16. The van der Waals surface area contributed by atoms with Crippen LogP contribution in [-0.2, 0) is 16.6 Å². The topological polar surface area (TPSA) is 102 Å². The van der Waals surface area contributed by atoms with Crippen LogP contribution < -0.4 is 4.31 Å². The van der Waals surface area contributed by atoms with Crippen LogP contribution in [0.3, 0.4) is 0 Å². The molecule has 0 fully saturated rings. The Labute approximate surface area is 157 Å². The summed E-state index contributed by atoms with van der Waals surface area (Å²) < 4.78 is 93.0. The average Bonchev–Trinajstić information content (AvgIpc) is 3.29. The van der Waals surface area contributed by atoms with Crippen molar-refractivity contribution in [2.24, 2.45) is 0 Å². The summed E-state index contributed by atoms with van der Waals surface area (Å²) in [6.07, 6.45) is -1.18. The largest absolute Gasteiger partial charge is 0.414 e. The third-order valence-corrected chi connectivity index (χ3v) is 5.52. The molecule has 3 heterocycles. The SMILES string of the molecule is O=S(=O)(C(F)F)N(Cc1ncc(-c2nnc(C(F)F)o2)s1)c1ccc(F)cn1. The highest BCUT2D eigenvalue weighted by Gasteiger charge is 2.34. The fraction of sp³-hybridized carbons (Fsp3) is 0.231. The molecule has 0 unspecified atom stereocenters. The number of nitrogens with zero attached hydrogens (tertiary/aromatic N) is 5. The molecule has 0 bridgehead atoms. The van der Waals surface area contributed by atoms with Gasteiger partial charge in [0, 0.05) is 0 Å². The molecule has 3 aromatic rings. The Hall–Kier alpha value is -2.68. The van der Waals surface area contributed by atoms with Crippen molar-refractivity contribution in [1.29, 1.82) is 0 Å². The molecule has 0 aliphatic heterocycles. The van der Waals surface area contributed by atoms with E-state index in [4.69, 9.17) is 4.42 Å². The van der Waals surface area contributed by atoms with Crippen LogP contribution in [0.2, 0.25) is 0 Å². The maximum Gasteiger partial charge on any atom is 0.355 e. The highest BCUT2D eigenvalue weighted by atomic mass is 32.2. The molecule has 0 amide bonds. The quantitative estimate of drug-likeness (QED) is 0.519. The Morgan fingerprint density at radius 2 is 1.86 bits per heavy atom. The molecule has 0 aromatic carbocycles. The molecular formula is C13H8F5N5O3S2. The van der Waals surface area contributed by atoms with Crippen molar-refractivity contribution in [3.05, 3.63) is 41.2 Å². The number of anilines is 1. The van der Waals surface area contributed by atoms with Gasteiger partial charge in [0.05, 0.1) is 18.9 Å². The van der Waals surface area contributed by atoms with Crippen LogP contribution in [0, 0.1) is 5.82 Å². The number of aromatic nitrogens is 4. The molecule has 0 aliphatic rings. The minimum Gasteiger partial charge on any atom is -0.414 e. The van der Waals surface area contributed by atoms with Gasteiger partial charge in [-0.15, -0.1) is 21.5 Å². The van der Waals surface area contributed by atoms with Gasteiger partial charge in [0.1, 0.15) is 21.5 Å². The molecule has 0 saturated carbocycles. The van der Waals surface area contributed by atoms with Gasteiger partial charge in [-0.25, -0.2) is 27.1 Å². The summed E-state index contributed by atoms with van der Waals surface area (Å²) >= 11 is 0.760. The monoisotopic (exact) mass is 441 g/mol. The lowest BCUT2D eigenvalue weighted by Gasteiger charge is -2.21. The van der Waals surface area contributed by atoms with E-state index in [2.05, 4.69) is 20.2 Å². The van der Waals surface area contributed by atoms with Gasteiger partial charge in [-0.05, 0) is 12.1 Å². The summed E-state index contributed by atoms with van der Waals surface area (Å²) in [5.74, 6) is -6.20. The van der Waals surface area contributed by atoms with Crippen molar-refractivity contribution in [1.82, 2.24) is 20.2 Å². The summed E-state index contributed by atoms with van der Waals surface area (Å²) in [7, 11) is -5.13. The molecule has 3 aromatic heterocycles. The van der Waals surface area contributed by atoms with Gasteiger partial charge in [0.2, 0.25) is 0 Å². The first-order chi connectivity index (χ1) is 13.2. The van der Waals surface area contributed by atoms with E-state index in [0.29, 0.717) is 6.20 Å². The second-order valence-corrected chi connectivity index (χ2v) is 7.95. The van der Waals surface area contributed by atoms with E-state index in [9.17, 15) is 30.4 Å². The molecule has 0 saturated heterocycles. The summed E-state index contributed by atoms with van der Waals surface area (Å²) in [5.41, 5.74) is 0. The molecule has 150 valence electrons. The first-order valence-corrected chi connectivity index (χ1v) is 9.48. The maximum atomic E-state index is 13.0.